The molecule has 2 aromatic carbocycles. The predicted molar refractivity (Wildman–Crippen MR) is 99.0 cm³/mol. The van der Waals surface area contributed by atoms with Gasteiger partial charge in [0.2, 0.25) is 0 Å². The smallest absolute Gasteiger partial charge is 0.251 e. The molecule has 25 heavy (non-hydrogen) atoms. The van der Waals surface area contributed by atoms with Gasteiger partial charge in [0.05, 0.1) is 31.9 Å². The van der Waals surface area contributed by atoms with Gasteiger partial charge in [-0.3, -0.25) is 4.79 Å². The second-order valence-electron chi connectivity index (χ2n) is 5.54. The average Bonchev–Trinajstić information content (AvgIpc) is 2.61. The van der Waals surface area contributed by atoms with Crippen LogP contribution in [-0.2, 0) is 0 Å². The highest BCUT2D eigenvalue weighted by molar-refractivity contribution is 9.10. The molecule has 1 amide bonds. The van der Waals surface area contributed by atoms with E-state index in [1.54, 1.807) is 12.1 Å². The van der Waals surface area contributed by atoms with Crippen molar-refractivity contribution in [2.75, 3.05) is 20.8 Å². The lowest BCUT2D eigenvalue weighted by Gasteiger charge is -2.27. The maximum atomic E-state index is 12.7. The Kier molecular flexibility index (Phi) is 5.39. The Hall–Kier alpha value is -1.92. The second kappa shape index (κ2) is 7.54. The highest BCUT2D eigenvalue weighted by atomic mass is 79.9. The number of methoxy groups -OCH3 is 2. The summed E-state index contributed by atoms with van der Waals surface area (Å²) in [6, 6.07) is 8.81. The topological polar surface area (TPSA) is 56.8 Å². The monoisotopic (exact) mass is 425 g/mol. The lowest BCUT2D eigenvalue weighted by atomic mass is 10.00. The molecule has 3 rings (SSSR count). The highest BCUT2D eigenvalue weighted by Crippen LogP contribution is 2.37. The summed E-state index contributed by atoms with van der Waals surface area (Å²) >= 11 is 9.65. The molecule has 1 atom stereocenters. The lowest BCUT2D eigenvalue weighted by molar-refractivity contribution is 0.0924. The molecule has 0 fully saturated rings. The standard InChI is InChI=1S/C18H17BrClNO4/c1-23-16-8-10(7-13(20)17(16)24-2)18(22)21-14-5-6-25-15-4-3-11(19)9-12(14)15/h3-4,7-9,14H,5-6H2,1-2H3,(H,21,22). The van der Waals surface area contributed by atoms with E-state index in [0.29, 0.717) is 35.1 Å². The zero-order chi connectivity index (χ0) is 18.0. The third-order valence-corrected chi connectivity index (χ3v) is 4.79. The predicted octanol–water partition coefficient (Wildman–Crippen LogP) is 4.37. The molecule has 0 saturated carbocycles. The van der Waals surface area contributed by atoms with Crippen LogP contribution in [0.5, 0.6) is 17.2 Å². The van der Waals surface area contributed by atoms with Crippen LogP contribution in [-0.4, -0.2) is 26.7 Å². The third kappa shape index (κ3) is 3.70. The number of fused-ring (bicyclic) bond motifs is 1. The summed E-state index contributed by atoms with van der Waals surface area (Å²) < 4.78 is 17.0. The minimum absolute atomic E-state index is 0.138. The van der Waals surface area contributed by atoms with Gasteiger partial charge in [0.25, 0.3) is 5.91 Å². The first kappa shape index (κ1) is 17.9. The SMILES string of the molecule is COc1cc(C(=O)NC2CCOc3ccc(Br)cc32)cc(Cl)c1OC. The van der Waals surface area contributed by atoms with Crippen molar-refractivity contribution in [3.8, 4) is 17.2 Å². The summed E-state index contributed by atoms with van der Waals surface area (Å²) in [5.41, 5.74) is 1.35. The van der Waals surface area contributed by atoms with Gasteiger partial charge in [-0.05, 0) is 30.3 Å². The quantitative estimate of drug-likeness (QED) is 0.788. The molecule has 1 unspecified atom stereocenters. The minimum atomic E-state index is -0.235. The van der Waals surface area contributed by atoms with Gasteiger partial charge < -0.3 is 19.5 Å². The van der Waals surface area contributed by atoms with Crippen molar-refractivity contribution in [1.29, 1.82) is 0 Å². The Morgan fingerprint density at radius 3 is 2.80 bits per heavy atom. The average molecular weight is 427 g/mol. The van der Waals surface area contributed by atoms with Gasteiger partial charge in [0.15, 0.2) is 11.5 Å². The number of hydrogen-bond acceptors (Lipinski definition) is 4. The van der Waals surface area contributed by atoms with Gasteiger partial charge in [-0.2, -0.15) is 0 Å². The number of carbonyl (C=O) groups is 1. The highest BCUT2D eigenvalue weighted by Gasteiger charge is 2.24. The first-order valence-corrected chi connectivity index (χ1v) is 8.85. The van der Waals surface area contributed by atoms with Crippen molar-refractivity contribution < 1.29 is 19.0 Å². The number of halogens is 2. The second-order valence-corrected chi connectivity index (χ2v) is 6.86. The minimum Gasteiger partial charge on any atom is -0.493 e. The number of hydrogen-bond donors (Lipinski definition) is 1. The largest absolute Gasteiger partial charge is 0.493 e. The van der Waals surface area contributed by atoms with E-state index >= 15 is 0 Å². The third-order valence-electron chi connectivity index (χ3n) is 4.01. The summed E-state index contributed by atoms with van der Waals surface area (Å²) in [5.74, 6) is 1.36. The van der Waals surface area contributed by atoms with Gasteiger partial charge in [0.1, 0.15) is 5.75 Å². The first-order chi connectivity index (χ1) is 12.0. The van der Waals surface area contributed by atoms with E-state index in [2.05, 4.69) is 21.2 Å². The molecule has 1 aliphatic rings. The van der Waals surface area contributed by atoms with Crippen LogP contribution in [0, 0.1) is 0 Å². The number of ether oxygens (including phenoxy) is 3. The normalized spacial score (nSPS) is 15.8. The van der Waals surface area contributed by atoms with Gasteiger partial charge in [-0.15, -0.1) is 0 Å². The molecule has 0 saturated heterocycles. The Morgan fingerprint density at radius 2 is 2.08 bits per heavy atom. The number of nitrogens with one attached hydrogen (secondary N) is 1. The maximum Gasteiger partial charge on any atom is 0.251 e. The molecule has 0 bridgehead atoms. The van der Waals surface area contributed by atoms with Gasteiger partial charge in [0, 0.05) is 22.0 Å². The summed E-state index contributed by atoms with van der Waals surface area (Å²) in [6.07, 6.45) is 0.691. The fourth-order valence-electron chi connectivity index (χ4n) is 2.81. The van der Waals surface area contributed by atoms with Crippen molar-refractivity contribution in [2.45, 2.75) is 12.5 Å². The molecule has 0 aromatic heterocycles. The molecular weight excluding hydrogens is 410 g/mol. The van der Waals surface area contributed by atoms with E-state index in [1.807, 2.05) is 18.2 Å². The van der Waals surface area contributed by atoms with Crippen LogP contribution in [0.3, 0.4) is 0 Å². The van der Waals surface area contributed by atoms with E-state index in [4.69, 9.17) is 25.8 Å². The van der Waals surface area contributed by atoms with Crippen molar-refractivity contribution in [2.24, 2.45) is 0 Å². The van der Waals surface area contributed by atoms with Crippen LogP contribution in [0.2, 0.25) is 5.02 Å². The summed E-state index contributed by atoms with van der Waals surface area (Å²) in [6.45, 7) is 0.548. The van der Waals surface area contributed by atoms with E-state index in [1.165, 1.54) is 14.2 Å². The van der Waals surface area contributed by atoms with Crippen molar-refractivity contribution >= 4 is 33.4 Å². The molecule has 0 radical (unpaired) electrons. The molecule has 2 aromatic rings. The molecule has 0 spiro atoms. The Labute approximate surface area is 159 Å². The fourth-order valence-corrected chi connectivity index (χ4v) is 3.47. The number of amides is 1. The Bertz CT molecular complexity index is 812. The number of benzene rings is 2. The Morgan fingerprint density at radius 1 is 1.28 bits per heavy atom. The van der Waals surface area contributed by atoms with Crippen molar-refractivity contribution in [3.63, 3.8) is 0 Å². The van der Waals surface area contributed by atoms with Crippen molar-refractivity contribution in [1.82, 2.24) is 5.32 Å². The molecule has 0 aliphatic carbocycles. The molecule has 1 aliphatic heterocycles. The molecular formula is C18H17BrClNO4. The zero-order valence-electron chi connectivity index (χ0n) is 13.8. The van der Waals surface area contributed by atoms with E-state index in [9.17, 15) is 4.79 Å². The van der Waals surface area contributed by atoms with E-state index in [0.717, 1.165) is 15.8 Å². The van der Waals surface area contributed by atoms with E-state index < -0.39 is 0 Å². The maximum absolute atomic E-state index is 12.7. The van der Waals surface area contributed by atoms with Crippen LogP contribution in [0.1, 0.15) is 28.4 Å². The van der Waals surface area contributed by atoms with Gasteiger partial charge >= 0.3 is 0 Å². The fraction of sp³-hybridized carbons (Fsp3) is 0.278. The first-order valence-electron chi connectivity index (χ1n) is 7.68. The number of rotatable bonds is 4. The summed E-state index contributed by atoms with van der Waals surface area (Å²) in [5, 5.41) is 3.36. The van der Waals surface area contributed by atoms with Crippen molar-refractivity contribution in [3.05, 3.63) is 51.0 Å². The van der Waals surface area contributed by atoms with Crippen LogP contribution in [0.15, 0.2) is 34.8 Å². The van der Waals surface area contributed by atoms with Crippen LogP contribution < -0.4 is 19.5 Å². The van der Waals surface area contributed by atoms with Crippen LogP contribution in [0.25, 0.3) is 0 Å². The molecule has 132 valence electrons. The molecule has 7 heteroatoms. The molecule has 1 heterocycles. The molecule has 5 nitrogen and oxygen atoms in total. The summed E-state index contributed by atoms with van der Waals surface area (Å²) in [7, 11) is 3.00. The zero-order valence-corrected chi connectivity index (χ0v) is 16.1. The van der Waals surface area contributed by atoms with Gasteiger partial charge in [-0.25, -0.2) is 0 Å². The van der Waals surface area contributed by atoms with Crippen LogP contribution in [0.4, 0.5) is 0 Å². The van der Waals surface area contributed by atoms with Gasteiger partial charge in [-0.1, -0.05) is 27.5 Å². The lowest BCUT2D eigenvalue weighted by Crippen LogP contribution is -2.32. The molecule has 1 N–H and O–H groups in total. The Balaban J connectivity index is 1.87. The summed E-state index contributed by atoms with van der Waals surface area (Å²) in [4.78, 5) is 12.7. The van der Waals surface area contributed by atoms with E-state index in [-0.39, 0.29) is 11.9 Å². The van der Waals surface area contributed by atoms with Crippen LogP contribution >= 0.6 is 27.5 Å². The number of carbonyl (C=O) groups excluding carboxylic acids is 1.